The lowest BCUT2D eigenvalue weighted by molar-refractivity contribution is -0.129. The third kappa shape index (κ3) is 6.00. The molecule has 0 bridgehead atoms. The standard InChI is InChI=1S/C31H29Cl2N5O3/c1-19(21-6-4-3-5-7-21)35-31(40)29-25-18-37(28(39)16-34)17-22(14-20-8-11-24(41-2)12-9-20)30(25)38(36-29)27-13-10-23(32)15-26(27)33/h3-15,19H,16-18,34H2,1-2H3,(H,35,40)/b22-14+/t19-/m1/s1. The average molecular weight is 591 g/mol. The van der Waals surface area contributed by atoms with Crippen molar-refractivity contribution in [1.82, 2.24) is 20.0 Å². The number of ether oxygens (including phenoxy) is 1. The van der Waals surface area contributed by atoms with Crippen LogP contribution in [-0.2, 0) is 11.3 Å². The summed E-state index contributed by atoms with van der Waals surface area (Å²) in [5.74, 6) is 0.116. The molecule has 2 heterocycles. The van der Waals surface area contributed by atoms with Crippen LogP contribution in [0.25, 0.3) is 17.3 Å². The molecule has 1 atom stereocenters. The number of hydrogen-bond donors (Lipinski definition) is 2. The second kappa shape index (κ2) is 12.2. The van der Waals surface area contributed by atoms with Gasteiger partial charge in [0, 0.05) is 17.1 Å². The molecule has 0 unspecified atom stereocenters. The molecule has 0 spiro atoms. The number of carbonyl (C=O) groups excluding carboxylic acids is 2. The molecular weight excluding hydrogens is 561 g/mol. The fourth-order valence-corrected chi connectivity index (χ4v) is 5.37. The molecule has 3 N–H and O–H groups in total. The van der Waals surface area contributed by atoms with Gasteiger partial charge in [-0.3, -0.25) is 9.59 Å². The van der Waals surface area contributed by atoms with Crippen molar-refractivity contribution >= 4 is 46.7 Å². The molecule has 1 aliphatic rings. The third-order valence-corrected chi connectivity index (χ3v) is 7.52. The van der Waals surface area contributed by atoms with E-state index in [2.05, 4.69) is 5.32 Å². The number of methoxy groups -OCH3 is 1. The number of fused-ring (bicyclic) bond motifs is 1. The van der Waals surface area contributed by atoms with Crippen LogP contribution < -0.4 is 15.8 Å². The molecule has 210 valence electrons. The van der Waals surface area contributed by atoms with Crippen LogP contribution in [0.1, 0.15) is 45.8 Å². The molecule has 0 radical (unpaired) electrons. The number of aromatic nitrogens is 2. The highest BCUT2D eigenvalue weighted by molar-refractivity contribution is 6.35. The molecular formula is C31H29Cl2N5O3. The number of hydrogen-bond acceptors (Lipinski definition) is 5. The van der Waals surface area contributed by atoms with Gasteiger partial charge in [-0.15, -0.1) is 0 Å². The van der Waals surface area contributed by atoms with Gasteiger partial charge in [-0.2, -0.15) is 5.10 Å². The Hall–Kier alpha value is -4.11. The fourth-order valence-electron chi connectivity index (χ4n) is 4.88. The first-order valence-corrected chi connectivity index (χ1v) is 13.8. The number of nitrogens with zero attached hydrogens (tertiary/aromatic N) is 3. The van der Waals surface area contributed by atoms with E-state index < -0.39 is 0 Å². The third-order valence-electron chi connectivity index (χ3n) is 6.98. The highest BCUT2D eigenvalue weighted by atomic mass is 35.5. The molecule has 3 aromatic carbocycles. The molecule has 0 saturated carbocycles. The van der Waals surface area contributed by atoms with Gasteiger partial charge >= 0.3 is 0 Å². The molecule has 0 aliphatic carbocycles. The number of halogens is 2. The van der Waals surface area contributed by atoms with Crippen molar-refractivity contribution in [3.63, 3.8) is 0 Å². The molecule has 0 saturated heterocycles. The molecule has 0 fully saturated rings. The van der Waals surface area contributed by atoms with E-state index in [1.807, 2.05) is 67.6 Å². The van der Waals surface area contributed by atoms with E-state index in [9.17, 15) is 9.59 Å². The van der Waals surface area contributed by atoms with Crippen molar-refractivity contribution in [2.75, 3.05) is 20.2 Å². The lowest BCUT2D eigenvalue weighted by Crippen LogP contribution is -2.40. The Kier molecular flexibility index (Phi) is 8.44. The highest BCUT2D eigenvalue weighted by Crippen LogP contribution is 2.36. The maximum atomic E-state index is 13.8. The predicted molar refractivity (Wildman–Crippen MR) is 161 cm³/mol. The van der Waals surface area contributed by atoms with Crippen LogP contribution in [0.2, 0.25) is 10.0 Å². The van der Waals surface area contributed by atoms with Crippen LogP contribution in [0, 0.1) is 0 Å². The van der Waals surface area contributed by atoms with Crippen LogP contribution in [0.5, 0.6) is 5.75 Å². The SMILES string of the molecule is COc1ccc(/C=C2\CN(C(=O)CN)Cc3c(C(=O)N[C@H](C)c4ccccc4)nn(-c4ccc(Cl)cc4Cl)c32)cc1. The van der Waals surface area contributed by atoms with Crippen LogP contribution in [0.15, 0.2) is 72.8 Å². The largest absolute Gasteiger partial charge is 0.497 e. The van der Waals surface area contributed by atoms with E-state index in [4.69, 9.17) is 38.8 Å². The van der Waals surface area contributed by atoms with Gasteiger partial charge in [-0.1, -0.05) is 65.7 Å². The number of benzene rings is 3. The molecule has 1 aliphatic heterocycles. The number of amides is 2. The Labute approximate surface area is 248 Å². The van der Waals surface area contributed by atoms with Gasteiger partial charge in [0.15, 0.2) is 5.69 Å². The quantitative estimate of drug-likeness (QED) is 0.295. The molecule has 8 nitrogen and oxygen atoms in total. The summed E-state index contributed by atoms with van der Waals surface area (Å²) in [5, 5.41) is 8.69. The Bertz CT molecular complexity index is 1620. The van der Waals surface area contributed by atoms with Crippen LogP contribution in [0.4, 0.5) is 0 Å². The number of nitrogens with one attached hydrogen (secondary N) is 1. The van der Waals surface area contributed by atoms with Crippen molar-refractivity contribution in [3.05, 3.63) is 111 Å². The van der Waals surface area contributed by atoms with E-state index >= 15 is 0 Å². The predicted octanol–water partition coefficient (Wildman–Crippen LogP) is 5.52. The first kappa shape index (κ1) is 28.4. The number of nitrogens with two attached hydrogens (primary N) is 1. The summed E-state index contributed by atoms with van der Waals surface area (Å²) in [6, 6.07) is 22.0. The topological polar surface area (TPSA) is 102 Å². The Balaban J connectivity index is 1.67. The summed E-state index contributed by atoms with van der Waals surface area (Å²) < 4.78 is 6.96. The first-order valence-electron chi connectivity index (χ1n) is 13.0. The lowest BCUT2D eigenvalue weighted by Gasteiger charge is -2.30. The van der Waals surface area contributed by atoms with E-state index in [0.717, 1.165) is 22.4 Å². The van der Waals surface area contributed by atoms with Crippen molar-refractivity contribution in [1.29, 1.82) is 0 Å². The Morgan fingerprint density at radius 2 is 1.80 bits per heavy atom. The highest BCUT2D eigenvalue weighted by Gasteiger charge is 2.34. The maximum absolute atomic E-state index is 13.8. The zero-order chi connectivity index (χ0) is 29.1. The normalized spacial score (nSPS) is 14.5. The van der Waals surface area contributed by atoms with Crippen LogP contribution in [-0.4, -0.2) is 46.7 Å². The van der Waals surface area contributed by atoms with Crippen LogP contribution in [0.3, 0.4) is 0 Å². The van der Waals surface area contributed by atoms with E-state index in [0.29, 0.717) is 27.0 Å². The number of carbonyl (C=O) groups is 2. The lowest BCUT2D eigenvalue weighted by atomic mass is 9.97. The summed E-state index contributed by atoms with van der Waals surface area (Å²) in [6.07, 6.45) is 1.96. The number of rotatable bonds is 7. The minimum atomic E-state index is -0.368. The van der Waals surface area contributed by atoms with Gasteiger partial charge in [0.25, 0.3) is 5.91 Å². The second-order valence-corrected chi connectivity index (χ2v) is 10.5. The minimum Gasteiger partial charge on any atom is -0.497 e. The summed E-state index contributed by atoms with van der Waals surface area (Å²) in [7, 11) is 1.61. The van der Waals surface area contributed by atoms with Crippen molar-refractivity contribution in [3.8, 4) is 11.4 Å². The van der Waals surface area contributed by atoms with Crippen molar-refractivity contribution in [2.24, 2.45) is 5.73 Å². The molecule has 2 amide bonds. The van der Waals surface area contributed by atoms with Gasteiger partial charge < -0.3 is 20.7 Å². The smallest absolute Gasteiger partial charge is 0.272 e. The zero-order valence-electron chi connectivity index (χ0n) is 22.6. The van der Waals surface area contributed by atoms with Gasteiger partial charge in [0.1, 0.15) is 5.75 Å². The van der Waals surface area contributed by atoms with E-state index in [1.54, 1.807) is 34.9 Å². The Morgan fingerprint density at radius 3 is 2.46 bits per heavy atom. The summed E-state index contributed by atoms with van der Waals surface area (Å²) in [5.41, 5.74) is 10.4. The van der Waals surface area contributed by atoms with Gasteiger partial charge in [0.05, 0.1) is 42.6 Å². The van der Waals surface area contributed by atoms with Gasteiger partial charge in [0.2, 0.25) is 5.91 Å². The first-order chi connectivity index (χ1) is 19.8. The average Bonchev–Trinajstić information content (AvgIpc) is 3.37. The van der Waals surface area contributed by atoms with E-state index in [-0.39, 0.29) is 43.2 Å². The molecule has 5 rings (SSSR count). The Morgan fingerprint density at radius 1 is 1.07 bits per heavy atom. The summed E-state index contributed by atoms with van der Waals surface area (Å²) in [4.78, 5) is 28.3. The monoisotopic (exact) mass is 589 g/mol. The molecule has 41 heavy (non-hydrogen) atoms. The summed E-state index contributed by atoms with van der Waals surface area (Å²) >= 11 is 12.8. The second-order valence-electron chi connectivity index (χ2n) is 9.69. The minimum absolute atomic E-state index is 0.158. The van der Waals surface area contributed by atoms with Crippen molar-refractivity contribution < 1.29 is 14.3 Å². The van der Waals surface area contributed by atoms with E-state index in [1.165, 1.54) is 0 Å². The summed E-state index contributed by atoms with van der Waals surface area (Å²) in [6.45, 7) is 2.19. The molecule has 4 aromatic rings. The van der Waals surface area contributed by atoms with Gasteiger partial charge in [-0.05, 0) is 60.0 Å². The molecule has 10 heteroatoms. The van der Waals surface area contributed by atoms with Gasteiger partial charge in [-0.25, -0.2) is 4.68 Å². The molecule has 1 aromatic heterocycles. The zero-order valence-corrected chi connectivity index (χ0v) is 24.1. The fraction of sp³-hybridized carbons (Fsp3) is 0.194. The maximum Gasteiger partial charge on any atom is 0.272 e. The van der Waals surface area contributed by atoms with Crippen LogP contribution >= 0.6 is 23.2 Å². The van der Waals surface area contributed by atoms with Crippen molar-refractivity contribution in [2.45, 2.75) is 19.5 Å².